The highest BCUT2D eigenvalue weighted by Gasteiger charge is 2.25. The fourth-order valence-corrected chi connectivity index (χ4v) is 1.24. The number of hydrogen-bond donors (Lipinski definition) is 1. The van der Waals surface area contributed by atoms with Crippen LogP contribution < -0.4 is 0 Å². The van der Waals surface area contributed by atoms with Gasteiger partial charge in [0.25, 0.3) is 0 Å². The topological polar surface area (TPSA) is 29.5 Å². The molecule has 1 aromatic rings. The molecule has 1 rings (SSSR count). The van der Waals surface area contributed by atoms with Crippen LogP contribution in [0.5, 0.6) is 0 Å². The van der Waals surface area contributed by atoms with Crippen LogP contribution in [0.25, 0.3) is 0 Å². The van der Waals surface area contributed by atoms with Gasteiger partial charge < -0.3 is 9.84 Å². The predicted octanol–water partition coefficient (Wildman–Crippen LogP) is 2.71. The molecule has 1 unspecified atom stereocenters. The van der Waals surface area contributed by atoms with Crippen LogP contribution >= 0.6 is 0 Å². The minimum atomic E-state index is -0.922. The Kier molecular flexibility index (Phi) is 3.53. The van der Waals surface area contributed by atoms with E-state index in [1.807, 2.05) is 51.1 Å². The summed E-state index contributed by atoms with van der Waals surface area (Å²) in [5.74, 6) is 0. The molecule has 0 fully saturated rings. The first kappa shape index (κ1) is 12.2. The van der Waals surface area contributed by atoms with Gasteiger partial charge >= 0.3 is 0 Å². The van der Waals surface area contributed by atoms with Crippen LogP contribution in [0.1, 0.15) is 33.3 Å². The van der Waals surface area contributed by atoms with E-state index in [-0.39, 0.29) is 5.60 Å². The van der Waals surface area contributed by atoms with E-state index in [9.17, 15) is 5.11 Å². The molecule has 0 saturated heterocycles. The van der Waals surface area contributed by atoms with Gasteiger partial charge in [0.05, 0.1) is 12.2 Å². The fourth-order valence-electron chi connectivity index (χ4n) is 1.24. The summed E-state index contributed by atoms with van der Waals surface area (Å²) in [5, 5.41) is 10.2. The van der Waals surface area contributed by atoms with Gasteiger partial charge in [0.1, 0.15) is 5.60 Å². The van der Waals surface area contributed by atoms with Crippen molar-refractivity contribution in [1.29, 1.82) is 0 Å². The van der Waals surface area contributed by atoms with Crippen molar-refractivity contribution >= 4 is 0 Å². The minimum absolute atomic E-state index is 0.223. The third-order valence-corrected chi connectivity index (χ3v) is 2.18. The molecule has 2 nitrogen and oxygen atoms in total. The number of aliphatic hydroxyl groups is 1. The Labute approximate surface area is 91.9 Å². The minimum Gasteiger partial charge on any atom is -0.383 e. The molecule has 2 heteroatoms. The largest absolute Gasteiger partial charge is 0.383 e. The smallest absolute Gasteiger partial charge is 0.110 e. The van der Waals surface area contributed by atoms with Crippen molar-refractivity contribution in [3.63, 3.8) is 0 Å². The molecule has 0 heterocycles. The van der Waals surface area contributed by atoms with Gasteiger partial charge in [-0.1, -0.05) is 30.3 Å². The maximum Gasteiger partial charge on any atom is 0.110 e. The van der Waals surface area contributed by atoms with Gasteiger partial charge in [-0.2, -0.15) is 0 Å². The second-order valence-electron chi connectivity index (χ2n) is 5.04. The van der Waals surface area contributed by atoms with E-state index in [1.165, 1.54) is 0 Å². The monoisotopic (exact) mass is 208 g/mol. The molecule has 1 atom stereocenters. The van der Waals surface area contributed by atoms with Crippen LogP contribution in [-0.4, -0.2) is 17.3 Å². The van der Waals surface area contributed by atoms with Gasteiger partial charge in [-0.25, -0.2) is 0 Å². The molecule has 0 spiro atoms. The molecular weight excluding hydrogens is 188 g/mol. The molecule has 84 valence electrons. The van der Waals surface area contributed by atoms with Gasteiger partial charge in [0.15, 0.2) is 0 Å². The van der Waals surface area contributed by atoms with Gasteiger partial charge in [0, 0.05) is 0 Å². The lowest BCUT2D eigenvalue weighted by Crippen LogP contribution is -2.33. The first-order valence-electron chi connectivity index (χ1n) is 5.23. The van der Waals surface area contributed by atoms with E-state index in [1.54, 1.807) is 6.92 Å². The lowest BCUT2D eigenvalue weighted by Gasteiger charge is -2.28. The van der Waals surface area contributed by atoms with Gasteiger partial charge in [-0.15, -0.1) is 0 Å². The lowest BCUT2D eigenvalue weighted by atomic mass is 9.97. The van der Waals surface area contributed by atoms with Gasteiger partial charge in [-0.05, 0) is 33.3 Å². The van der Waals surface area contributed by atoms with Crippen molar-refractivity contribution < 1.29 is 9.84 Å². The zero-order valence-corrected chi connectivity index (χ0v) is 9.95. The second kappa shape index (κ2) is 4.33. The Morgan fingerprint density at radius 1 is 1.07 bits per heavy atom. The Bertz CT molecular complexity index is 296. The SMILES string of the molecule is CC(C)(C)OCC(C)(O)c1ccccc1. The van der Waals surface area contributed by atoms with Gasteiger partial charge in [-0.3, -0.25) is 0 Å². The Balaban J connectivity index is 2.68. The molecule has 0 bridgehead atoms. The highest BCUT2D eigenvalue weighted by Crippen LogP contribution is 2.22. The first-order valence-corrected chi connectivity index (χ1v) is 5.23. The summed E-state index contributed by atoms with van der Waals surface area (Å²) in [5.41, 5.74) is -0.262. The average Bonchev–Trinajstić information content (AvgIpc) is 2.16. The van der Waals surface area contributed by atoms with Crippen LogP contribution in [0.15, 0.2) is 30.3 Å². The van der Waals surface area contributed by atoms with Crippen molar-refractivity contribution in [2.75, 3.05) is 6.61 Å². The highest BCUT2D eigenvalue weighted by atomic mass is 16.5. The predicted molar refractivity (Wildman–Crippen MR) is 61.7 cm³/mol. The van der Waals surface area contributed by atoms with Crippen molar-refractivity contribution in [1.82, 2.24) is 0 Å². The van der Waals surface area contributed by atoms with E-state index in [0.29, 0.717) is 6.61 Å². The summed E-state index contributed by atoms with van der Waals surface area (Å²) in [6, 6.07) is 9.59. The molecule has 1 N–H and O–H groups in total. The number of rotatable bonds is 3. The molecule has 0 aliphatic rings. The van der Waals surface area contributed by atoms with Crippen LogP contribution in [0.4, 0.5) is 0 Å². The molecule has 15 heavy (non-hydrogen) atoms. The standard InChI is InChI=1S/C13H20O2/c1-12(2,3)15-10-13(4,14)11-8-6-5-7-9-11/h5-9,14H,10H2,1-4H3. The van der Waals surface area contributed by atoms with E-state index in [4.69, 9.17) is 4.74 Å². The Morgan fingerprint density at radius 2 is 1.60 bits per heavy atom. The number of hydrogen-bond acceptors (Lipinski definition) is 2. The van der Waals surface area contributed by atoms with E-state index in [2.05, 4.69) is 0 Å². The van der Waals surface area contributed by atoms with Crippen LogP contribution in [0, 0.1) is 0 Å². The van der Waals surface area contributed by atoms with Gasteiger partial charge in [0.2, 0.25) is 0 Å². The molecule has 0 aliphatic carbocycles. The fraction of sp³-hybridized carbons (Fsp3) is 0.538. The summed E-state index contributed by atoms with van der Waals surface area (Å²) in [4.78, 5) is 0. The normalized spacial score (nSPS) is 16.1. The summed E-state index contributed by atoms with van der Waals surface area (Å²) >= 11 is 0. The van der Waals surface area contributed by atoms with Crippen LogP contribution in [0.2, 0.25) is 0 Å². The molecular formula is C13H20O2. The molecule has 0 amide bonds. The van der Waals surface area contributed by atoms with Crippen LogP contribution in [0.3, 0.4) is 0 Å². The zero-order chi connectivity index (χ0) is 11.5. The summed E-state index contributed by atoms with van der Waals surface area (Å²) in [6.45, 7) is 8.02. The number of benzene rings is 1. The Hall–Kier alpha value is -0.860. The average molecular weight is 208 g/mol. The van der Waals surface area contributed by atoms with E-state index < -0.39 is 5.60 Å². The second-order valence-corrected chi connectivity index (χ2v) is 5.04. The molecule has 0 aliphatic heterocycles. The van der Waals surface area contributed by atoms with Crippen molar-refractivity contribution in [3.05, 3.63) is 35.9 Å². The van der Waals surface area contributed by atoms with Crippen molar-refractivity contribution in [2.24, 2.45) is 0 Å². The molecule has 0 aromatic heterocycles. The summed E-state index contributed by atoms with van der Waals surface area (Å²) in [6.07, 6.45) is 0. The van der Waals surface area contributed by atoms with Crippen molar-refractivity contribution in [2.45, 2.75) is 38.9 Å². The third-order valence-electron chi connectivity index (χ3n) is 2.18. The maximum absolute atomic E-state index is 10.2. The summed E-state index contributed by atoms with van der Waals surface area (Å²) < 4.78 is 5.60. The third kappa shape index (κ3) is 4.02. The van der Waals surface area contributed by atoms with E-state index >= 15 is 0 Å². The highest BCUT2D eigenvalue weighted by molar-refractivity contribution is 5.21. The summed E-state index contributed by atoms with van der Waals surface area (Å²) in [7, 11) is 0. The van der Waals surface area contributed by atoms with Crippen LogP contribution in [-0.2, 0) is 10.3 Å². The zero-order valence-electron chi connectivity index (χ0n) is 9.95. The maximum atomic E-state index is 10.2. The van der Waals surface area contributed by atoms with E-state index in [0.717, 1.165) is 5.56 Å². The quantitative estimate of drug-likeness (QED) is 0.827. The lowest BCUT2D eigenvalue weighted by molar-refractivity contribution is -0.0943. The number of ether oxygens (including phenoxy) is 1. The van der Waals surface area contributed by atoms with Crippen molar-refractivity contribution in [3.8, 4) is 0 Å². The molecule has 1 aromatic carbocycles. The first-order chi connectivity index (χ1) is 6.81. The Morgan fingerprint density at radius 3 is 2.07 bits per heavy atom. The molecule has 0 saturated carbocycles. The molecule has 0 radical (unpaired) electrons.